The number of ether oxygens (including phenoxy) is 1. The Morgan fingerprint density at radius 3 is 2.75 bits per heavy atom. The first-order valence-electron chi connectivity index (χ1n) is 6.35. The summed E-state index contributed by atoms with van der Waals surface area (Å²) < 4.78 is 5.35. The number of phenols is 1. The summed E-state index contributed by atoms with van der Waals surface area (Å²) in [6, 6.07) is 11.2. The zero-order valence-corrected chi connectivity index (χ0v) is 12.1. The monoisotopic (exact) mass is 293 g/mol. The number of pyridine rings is 1. The molecule has 0 atom stereocenters. The Kier molecular flexibility index (Phi) is 6.84. The lowest BCUT2D eigenvalue weighted by Crippen LogP contribution is -3.00. The van der Waals surface area contributed by atoms with Gasteiger partial charge in [0, 0.05) is 19.3 Å². The molecule has 0 bridgehead atoms. The summed E-state index contributed by atoms with van der Waals surface area (Å²) >= 11 is 0. The normalized spacial score (nSPS) is 9.85. The molecule has 2 N–H and O–H groups in total. The van der Waals surface area contributed by atoms with Crippen LogP contribution >= 0.6 is 0 Å². The fraction of sp³-hybridized carbons (Fsp3) is 0.267. The van der Waals surface area contributed by atoms with Gasteiger partial charge >= 0.3 is 0 Å². The summed E-state index contributed by atoms with van der Waals surface area (Å²) in [6.07, 6.45) is 1.78. The summed E-state index contributed by atoms with van der Waals surface area (Å²) in [7, 11) is 0. The third-order valence-corrected chi connectivity index (χ3v) is 2.69. The van der Waals surface area contributed by atoms with Crippen LogP contribution in [0.2, 0.25) is 0 Å². The van der Waals surface area contributed by atoms with Crippen molar-refractivity contribution in [3.63, 3.8) is 0 Å². The molecular formula is C15H18ClN2O2-. The van der Waals surface area contributed by atoms with Crippen LogP contribution in [0.3, 0.4) is 0 Å². The minimum absolute atomic E-state index is 0. The largest absolute Gasteiger partial charge is 1.00 e. The average molecular weight is 294 g/mol. The highest BCUT2D eigenvalue weighted by molar-refractivity contribution is 5.41. The second-order valence-corrected chi connectivity index (χ2v) is 4.16. The van der Waals surface area contributed by atoms with Gasteiger partial charge in [0.15, 0.2) is 11.5 Å². The fourth-order valence-corrected chi connectivity index (χ4v) is 1.78. The molecule has 1 aromatic carbocycles. The highest BCUT2D eigenvalue weighted by atomic mass is 35.5. The Morgan fingerprint density at radius 1 is 1.20 bits per heavy atom. The summed E-state index contributed by atoms with van der Waals surface area (Å²) in [5.74, 6) is 0.704. The van der Waals surface area contributed by atoms with Gasteiger partial charge in [0.1, 0.15) is 0 Å². The van der Waals surface area contributed by atoms with E-state index in [0.29, 0.717) is 25.4 Å². The first kappa shape index (κ1) is 16.3. The first-order valence-corrected chi connectivity index (χ1v) is 6.35. The number of benzene rings is 1. The Balaban J connectivity index is 0.00000200. The van der Waals surface area contributed by atoms with Crippen LogP contribution in [0.4, 0.5) is 0 Å². The predicted octanol–water partition coefficient (Wildman–Crippen LogP) is -0.520. The molecule has 0 fully saturated rings. The molecular weight excluding hydrogens is 276 g/mol. The lowest BCUT2D eigenvalue weighted by Gasteiger charge is -2.09. The molecule has 1 heterocycles. The van der Waals surface area contributed by atoms with Gasteiger partial charge in [0.2, 0.25) is 0 Å². The lowest BCUT2D eigenvalue weighted by atomic mass is 10.2. The van der Waals surface area contributed by atoms with Gasteiger partial charge in [-0.3, -0.25) is 4.98 Å². The van der Waals surface area contributed by atoms with Crippen LogP contribution < -0.4 is 22.5 Å². The predicted molar refractivity (Wildman–Crippen MR) is 74.1 cm³/mol. The van der Waals surface area contributed by atoms with E-state index < -0.39 is 0 Å². The molecule has 1 aromatic heterocycles. The topological polar surface area (TPSA) is 54.4 Å². The zero-order chi connectivity index (χ0) is 13.5. The molecule has 0 saturated carbocycles. The van der Waals surface area contributed by atoms with Gasteiger partial charge in [-0.05, 0) is 36.8 Å². The van der Waals surface area contributed by atoms with Crippen molar-refractivity contribution in [2.24, 2.45) is 0 Å². The van der Waals surface area contributed by atoms with E-state index in [1.165, 1.54) is 0 Å². The Labute approximate surface area is 125 Å². The van der Waals surface area contributed by atoms with Gasteiger partial charge in [0.25, 0.3) is 0 Å². The number of phenolic OH excluding ortho intramolecular Hbond substituents is 1. The summed E-state index contributed by atoms with van der Waals surface area (Å²) in [5, 5.41) is 12.9. The van der Waals surface area contributed by atoms with Gasteiger partial charge in [-0.15, -0.1) is 0 Å². The Morgan fingerprint density at radius 2 is 2.05 bits per heavy atom. The second-order valence-electron chi connectivity index (χ2n) is 4.16. The highest BCUT2D eigenvalue weighted by Gasteiger charge is 2.03. The fourth-order valence-electron chi connectivity index (χ4n) is 1.78. The zero-order valence-electron chi connectivity index (χ0n) is 11.3. The number of hydrogen-bond donors (Lipinski definition) is 2. The average Bonchev–Trinajstić information content (AvgIpc) is 2.44. The van der Waals surface area contributed by atoms with Crippen molar-refractivity contribution >= 4 is 0 Å². The van der Waals surface area contributed by atoms with Gasteiger partial charge in [0.05, 0.1) is 12.3 Å². The van der Waals surface area contributed by atoms with Crippen molar-refractivity contribution in [2.75, 3.05) is 6.61 Å². The molecule has 0 amide bonds. The highest BCUT2D eigenvalue weighted by Crippen LogP contribution is 2.26. The molecule has 20 heavy (non-hydrogen) atoms. The van der Waals surface area contributed by atoms with Gasteiger partial charge in [-0.25, -0.2) is 0 Å². The standard InChI is InChI=1S/C15H18N2O2.ClH/c1-2-19-15-9-12(6-7-14(15)18)10-16-11-13-5-3-4-8-17-13;/h3-9,16,18H,2,10-11H2,1H3;1H/p-1. The molecule has 5 heteroatoms. The Hall–Kier alpha value is -1.78. The van der Waals surface area contributed by atoms with Crippen molar-refractivity contribution in [2.45, 2.75) is 20.0 Å². The number of rotatable bonds is 6. The van der Waals surface area contributed by atoms with Crippen LogP contribution in [0.1, 0.15) is 18.2 Å². The van der Waals surface area contributed by atoms with Crippen LogP contribution in [-0.2, 0) is 13.1 Å². The van der Waals surface area contributed by atoms with Crippen LogP contribution in [0.5, 0.6) is 11.5 Å². The van der Waals surface area contributed by atoms with Crippen molar-refractivity contribution in [1.82, 2.24) is 10.3 Å². The SMILES string of the molecule is CCOc1cc(CNCc2ccccn2)ccc1O.[Cl-]. The number of hydrogen-bond acceptors (Lipinski definition) is 4. The van der Waals surface area contributed by atoms with E-state index in [-0.39, 0.29) is 18.2 Å². The second kappa shape index (κ2) is 8.40. The Bertz CT molecular complexity index is 521. The number of aromatic nitrogens is 1. The minimum atomic E-state index is 0. The maximum absolute atomic E-state index is 9.61. The van der Waals surface area contributed by atoms with E-state index in [2.05, 4.69) is 10.3 Å². The first-order chi connectivity index (χ1) is 9.29. The van der Waals surface area contributed by atoms with Crippen molar-refractivity contribution < 1.29 is 22.3 Å². The van der Waals surface area contributed by atoms with Gasteiger partial charge in [-0.2, -0.15) is 0 Å². The van der Waals surface area contributed by atoms with E-state index in [0.717, 1.165) is 11.3 Å². The molecule has 108 valence electrons. The van der Waals surface area contributed by atoms with Crippen molar-refractivity contribution in [3.8, 4) is 11.5 Å². The number of nitrogens with one attached hydrogen (secondary N) is 1. The van der Waals surface area contributed by atoms with Gasteiger partial charge < -0.3 is 27.6 Å². The molecule has 0 unspecified atom stereocenters. The number of aromatic hydroxyl groups is 1. The van der Waals surface area contributed by atoms with E-state index in [1.807, 2.05) is 37.3 Å². The van der Waals surface area contributed by atoms with Crippen LogP contribution in [-0.4, -0.2) is 16.7 Å². The summed E-state index contributed by atoms with van der Waals surface area (Å²) in [4.78, 5) is 4.24. The maximum atomic E-state index is 9.61. The van der Waals surface area contributed by atoms with Crippen LogP contribution in [0.25, 0.3) is 0 Å². The molecule has 0 aliphatic heterocycles. The molecule has 0 aliphatic rings. The molecule has 0 saturated heterocycles. The summed E-state index contributed by atoms with van der Waals surface area (Å²) in [6.45, 7) is 3.85. The molecule has 4 nitrogen and oxygen atoms in total. The van der Waals surface area contributed by atoms with E-state index in [4.69, 9.17) is 4.74 Å². The molecule has 0 spiro atoms. The van der Waals surface area contributed by atoms with E-state index in [9.17, 15) is 5.11 Å². The van der Waals surface area contributed by atoms with Crippen LogP contribution in [0, 0.1) is 0 Å². The van der Waals surface area contributed by atoms with Crippen LogP contribution in [0.15, 0.2) is 42.6 Å². The quantitative estimate of drug-likeness (QED) is 0.753. The van der Waals surface area contributed by atoms with Gasteiger partial charge in [-0.1, -0.05) is 12.1 Å². The molecule has 2 aromatic rings. The minimum Gasteiger partial charge on any atom is -1.00 e. The maximum Gasteiger partial charge on any atom is 0.161 e. The summed E-state index contributed by atoms with van der Waals surface area (Å²) in [5.41, 5.74) is 2.07. The smallest absolute Gasteiger partial charge is 0.161 e. The molecule has 2 rings (SSSR count). The van der Waals surface area contributed by atoms with E-state index >= 15 is 0 Å². The number of halogens is 1. The third kappa shape index (κ3) is 4.72. The lowest BCUT2D eigenvalue weighted by molar-refractivity contribution is -0.00000539. The van der Waals surface area contributed by atoms with E-state index in [1.54, 1.807) is 12.3 Å². The van der Waals surface area contributed by atoms with Crippen molar-refractivity contribution in [3.05, 3.63) is 53.9 Å². The van der Waals surface area contributed by atoms with Crippen molar-refractivity contribution in [1.29, 1.82) is 0 Å². The number of nitrogens with zero attached hydrogens (tertiary/aromatic N) is 1. The third-order valence-electron chi connectivity index (χ3n) is 2.69. The molecule has 0 radical (unpaired) electrons. The molecule has 0 aliphatic carbocycles.